The summed E-state index contributed by atoms with van der Waals surface area (Å²) in [7, 11) is 2.12. The highest BCUT2D eigenvalue weighted by atomic mass is 32.2. The van der Waals surface area contributed by atoms with Crippen LogP contribution in [0.5, 0.6) is 0 Å². The topological polar surface area (TPSA) is 15.3 Å². The highest BCUT2D eigenvalue weighted by molar-refractivity contribution is 7.99. The van der Waals surface area contributed by atoms with Crippen LogP contribution in [0, 0.1) is 5.41 Å². The summed E-state index contributed by atoms with van der Waals surface area (Å²) >= 11 is 2.14. The average molecular weight is 256 g/mol. The van der Waals surface area contributed by atoms with E-state index in [1.165, 1.54) is 64.0 Å². The van der Waals surface area contributed by atoms with Crippen LogP contribution in [-0.4, -0.2) is 49.1 Å². The van der Waals surface area contributed by atoms with Gasteiger partial charge in [0.05, 0.1) is 0 Å². The smallest absolute Gasteiger partial charge is 0.0147 e. The second-order valence-electron chi connectivity index (χ2n) is 6.01. The number of hydrogen-bond acceptors (Lipinski definition) is 3. The van der Waals surface area contributed by atoms with Crippen LogP contribution < -0.4 is 5.32 Å². The summed E-state index contributed by atoms with van der Waals surface area (Å²) in [4.78, 5) is 2.73. The number of thioether (sulfide) groups is 1. The van der Waals surface area contributed by atoms with Gasteiger partial charge in [-0.15, -0.1) is 0 Å². The zero-order chi connectivity index (χ0) is 12.1. The maximum atomic E-state index is 3.45. The van der Waals surface area contributed by atoms with Gasteiger partial charge in [0.25, 0.3) is 0 Å². The van der Waals surface area contributed by atoms with Gasteiger partial charge in [-0.2, -0.15) is 11.8 Å². The standard InChI is InChI=1S/C14H28N2S/c1-13-10-16(8-9-17-13)12-14(11-15-2)6-4-3-5-7-14/h13,15H,3-12H2,1-2H3. The molecule has 3 heteroatoms. The highest BCUT2D eigenvalue weighted by Gasteiger charge is 2.34. The fourth-order valence-corrected chi connectivity index (χ4v) is 4.66. The summed E-state index contributed by atoms with van der Waals surface area (Å²) in [5.74, 6) is 1.33. The van der Waals surface area contributed by atoms with Crippen molar-refractivity contribution in [3.63, 3.8) is 0 Å². The van der Waals surface area contributed by atoms with Gasteiger partial charge in [-0.3, -0.25) is 0 Å². The molecule has 0 bridgehead atoms. The summed E-state index contributed by atoms with van der Waals surface area (Å²) in [6, 6.07) is 0. The highest BCUT2D eigenvalue weighted by Crippen LogP contribution is 2.37. The molecule has 2 nitrogen and oxygen atoms in total. The molecule has 1 saturated heterocycles. The predicted octanol–water partition coefficient (Wildman–Crippen LogP) is 2.59. The first-order valence-electron chi connectivity index (χ1n) is 7.23. The van der Waals surface area contributed by atoms with Crippen LogP contribution in [0.2, 0.25) is 0 Å². The summed E-state index contributed by atoms with van der Waals surface area (Å²) in [6.45, 7) is 7.53. The molecular weight excluding hydrogens is 228 g/mol. The zero-order valence-corrected chi connectivity index (χ0v) is 12.3. The molecule has 0 amide bonds. The van der Waals surface area contributed by atoms with Gasteiger partial charge in [0, 0.05) is 37.2 Å². The van der Waals surface area contributed by atoms with Crippen molar-refractivity contribution in [1.29, 1.82) is 0 Å². The summed E-state index contributed by atoms with van der Waals surface area (Å²) in [5.41, 5.74) is 0.578. The van der Waals surface area contributed by atoms with E-state index >= 15 is 0 Å². The van der Waals surface area contributed by atoms with E-state index in [2.05, 4.69) is 35.9 Å². The van der Waals surface area contributed by atoms with E-state index in [4.69, 9.17) is 0 Å². The van der Waals surface area contributed by atoms with Crippen LogP contribution in [0.3, 0.4) is 0 Å². The first-order valence-corrected chi connectivity index (χ1v) is 8.28. The molecule has 1 saturated carbocycles. The first kappa shape index (κ1) is 13.7. The Kier molecular flexibility index (Phi) is 5.19. The van der Waals surface area contributed by atoms with Crippen molar-refractivity contribution in [2.24, 2.45) is 5.41 Å². The van der Waals surface area contributed by atoms with E-state index in [0.717, 1.165) is 5.25 Å². The molecule has 2 rings (SSSR count). The molecule has 0 spiro atoms. The molecule has 17 heavy (non-hydrogen) atoms. The van der Waals surface area contributed by atoms with E-state index in [9.17, 15) is 0 Å². The van der Waals surface area contributed by atoms with Crippen molar-refractivity contribution in [3.05, 3.63) is 0 Å². The largest absolute Gasteiger partial charge is 0.319 e. The Morgan fingerprint density at radius 3 is 2.71 bits per heavy atom. The minimum atomic E-state index is 0.578. The SMILES string of the molecule is CNCC1(CN2CCSC(C)C2)CCCCC1. The van der Waals surface area contributed by atoms with E-state index in [-0.39, 0.29) is 0 Å². The second kappa shape index (κ2) is 6.44. The molecule has 1 heterocycles. The Bertz CT molecular complexity index is 221. The lowest BCUT2D eigenvalue weighted by atomic mass is 9.73. The van der Waals surface area contributed by atoms with Gasteiger partial charge in [-0.25, -0.2) is 0 Å². The molecular formula is C14H28N2S. The van der Waals surface area contributed by atoms with Gasteiger partial charge in [0.2, 0.25) is 0 Å². The van der Waals surface area contributed by atoms with Crippen LogP contribution in [-0.2, 0) is 0 Å². The summed E-state index contributed by atoms with van der Waals surface area (Å²) < 4.78 is 0. The molecule has 1 N–H and O–H groups in total. The van der Waals surface area contributed by atoms with E-state index < -0.39 is 0 Å². The fourth-order valence-electron chi connectivity index (χ4n) is 3.58. The maximum Gasteiger partial charge on any atom is 0.0147 e. The molecule has 1 atom stereocenters. The third kappa shape index (κ3) is 3.87. The molecule has 2 aliphatic rings. The molecule has 1 unspecified atom stereocenters. The Balaban J connectivity index is 1.91. The van der Waals surface area contributed by atoms with Crippen LogP contribution in [0.4, 0.5) is 0 Å². The van der Waals surface area contributed by atoms with Crippen LogP contribution in [0.25, 0.3) is 0 Å². The predicted molar refractivity (Wildman–Crippen MR) is 77.8 cm³/mol. The van der Waals surface area contributed by atoms with Gasteiger partial charge in [-0.05, 0) is 25.3 Å². The second-order valence-corrected chi connectivity index (χ2v) is 7.55. The average Bonchev–Trinajstić information content (AvgIpc) is 2.30. The third-order valence-corrected chi connectivity index (χ3v) is 5.49. The lowest BCUT2D eigenvalue weighted by Crippen LogP contribution is -2.48. The Morgan fingerprint density at radius 2 is 2.06 bits per heavy atom. The van der Waals surface area contributed by atoms with Gasteiger partial charge in [0.15, 0.2) is 0 Å². The molecule has 0 aromatic heterocycles. The maximum absolute atomic E-state index is 3.45. The minimum Gasteiger partial charge on any atom is -0.319 e. The summed E-state index contributed by atoms with van der Waals surface area (Å²) in [5, 5.41) is 4.28. The molecule has 0 radical (unpaired) electrons. The quantitative estimate of drug-likeness (QED) is 0.832. The van der Waals surface area contributed by atoms with Crippen molar-refractivity contribution in [2.75, 3.05) is 39.0 Å². The third-order valence-electron chi connectivity index (χ3n) is 4.35. The van der Waals surface area contributed by atoms with Gasteiger partial charge in [-0.1, -0.05) is 26.2 Å². The van der Waals surface area contributed by atoms with Crippen molar-refractivity contribution < 1.29 is 0 Å². The number of hydrogen-bond donors (Lipinski definition) is 1. The molecule has 0 aromatic rings. The Morgan fingerprint density at radius 1 is 1.29 bits per heavy atom. The van der Waals surface area contributed by atoms with Crippen LogP contribution >= 0.6 is 11.8 Å². The lowest BCUT2D eigenvalue weighted by Gasteiger charge is -2.43. The van der Waals surface area contributed by atoms with Gasteiger partial charge >= 0.3 is 0 Å². The summed E-state index contributed by atoms with van der Waals surface area (Å²) in [6.07, 6.45) is 7.22. The molecule has 1 aliphatic heterocycles. The molecule has 0 aromatic carbocycles. The van der Waals surface area contributed by atoms with Crippen molar-refractivity contribution >= 4 is 11.8 Å². The first-order chi connectivity index (χ1) is 8.24. The zero-order valence-electron chi connectivity index (χ0n) is 11.5. The lowest BCUT2D eigenvalue weighted by molar-refractivity contribution is 0.107. The number of rotatable bonds is 4. The Hall–Kier alpha value is 0.270. The van der Waals surface area contributed by atoms with Gasteiger partial charge in [0.1, 0.15) is 0 Å². The van der Waals surface area contributed by atoms with E-state index in [1.54, 1.807) is 0 Å². The normalized spacial score (nSPS) is 30.4. The minimum absolute atomic E-state index is 0.578. The van der Waals surface area contributed by atoms with Crippen molar-refractivity contribution in [2.45, 2.75) is 44.3 Å². The van der Waals surface area contributed by atoms with Crippen molar-refractivity contribution in [3.8, 4) is 0 Å². The van der Waals surface area contributed by atoms with Crippen LogP contribution in [0.15, 0.2) is 0 Å². The van der Waals surface area contributed by atoms with Crippen LogP contribution in [0.1, 0.15) is 39.0 Å². The molecule has 2 fully saturated rings. The van der Waals surface area contributed by atoms with Gasteiger partial charge < -0.3 is 10.2 Å². The Labute approximate surface area is 111 Å². The molecule has 1 aliphatic carbocycles. The van der Waals surface area contributed by atoms with E-state index in [0.29, 0.717) is 5.41 Å². The number of nitrogens with one attached hydrogen (secondary N) is 1. The van der Waals surface area contributed by atoms with Crippen molar-refractivity contribution in [1.82, 2.24) is 10.2 Å². The monoisotopic (exact) mass is 256 g/mol. The molecule has 100 valence electrons. The number of nitrogens with zero attached hydrogens (tertiary/aromatic N) is 1. The van der Waals surface area contributed by atoms with E-state index in [1.807, 2.05) is 0 Å². The fraction of sp³-hybridized carbons (Fsp3) is 1.00.